The molecule has 0 aliphatic carbocycles. The van der Waals surface area contributed by atoms with Crippen LogP contribution in [0.1, 0.15) is 36.5 Å². The fourth-order valence-corrected chi connectivity index (χ4v) is 4.46. The molecular formula is C26H24ClN3O2. The van der Waals surface area contributed by atoms with Crippen molar-refractivity contribution in [1.29, 1.82) is 0 Å². The lowest BCUT2D eigenvalue weighted by Gasteiger charge is -2.16. The Bertz CT molecular complexity index is 1190. The summed E-state index contributed by atoms with van der Waals surface area (Å²) in [5, 5.41) is 9.90. The first-order valence-corrected chi connectivity index (χ1v) is 11.1. The summed E-state index contributed by atoms with van der Waals surface area (Å²) >= 11 is 6.09. The summed E-state index contributed by atoms with van der Waals surface area (Å²) in [6.07, 6.45) is 0.810. The van der Waals surface area contributed by atoms with E-state index in [0.29, 0.717) is 11.6 Å². The van der Waals surface area contributed by atoms with E-state index in [1.54, 1.807) is 0 Å². The maximum atomic E-state index is 13.1. The first-order chi connectivity index (χ1) is 15.4. The molecule has 0 fully saturated rings. The molecule has 5 rings (SSSR count). The van der Waals surface area contributed by atoms with Crippen LogP contribution in [0.2, 0.25) is 5.02 Å². The highest BCUT2D eigenvalue weighted by Crippen LogP contribution is 2.36. The summed E-state index contributed by atoms with van der Waals surface area (Å²) < 4.78 is 5.93. The van der Waals surface area contributed by atoms with Gasteiger partial charge in [0.25, 0.3) is 0 Å². The number of anilines is 1. The second-order valence-electron chi connectivity index (χ2n) is 8.83. The molecule has 0 aromatic heterocycles. The average Bonchev–Trinajstić information content (AvgIpc) is 3.35. The molecule has 0 radical (unpaired) electrons. The Balaban J connectivity index is 1.39. The van der Waals surface area contributed by atoms with Crippen molar-refractivity contribution < 1.29 is 9.53 Å². The van der Waals surface area contributed by atoms with Crippen molar-refractivity contribution in [3.8, 4) is 5.75 Å². The van der Waals surface area contributed by atoms with Crippen molar-refractivity contribution in [2.75, 3.05) is 11.9 Å². The minimum absolute atomic E-state index is 0.0327. The molecule has 5 nitrogen and oxygen atoms in total. The number of hydrazone groups is 1. The van der Waals surface area contributed by atoms with Crippen molar-refractivity contribution in [2.45, 2.75) is 31.8 Å². The Hall–Kier alpha value is -3.31. The third kappa shape index (κ3) is 4.08. The van der Waals surface area contributed by atoms with Crippen LogP contribution in [0.3, 0.4) is 0 Å². The second kappa shape index (κ2) is 7.99. The average molecular weight is 446 g/mol. The van der Waals surface area contributed by atoms with Gasteiger partial charge in [-0.05, 0) is 55.3 Å². The zero-order valence-corrected chi connectivity index (χ0v) is 18.8. The highest BCUT2D eigenvalue weighted by molar-refractivity contribution is 6.30. The van der Waals surface area contributed by atoms with Crippen LogP contribution in [0.25, 0.3) is 0 Å². The molecule has 6 heteroatoms. The Morgan fingerprint density at radius 1 is 1.09 bits per heavy atom. The van der Waals surface area contributed by atoms with Gasteiger partial charge in [0.2, 0.25) is 0 Å². The van der Waals surface area contributed by atoms with Crippen LogP contribution in [-0.2, 0) is 6.42 Å². The molecule has 2 aliphatic heterocycles. The van der Waals surface area contributed by atoms with Crippen LogP contribution >= 0.6 is 11.6 Å². The van der Waals surface area contributed by atoms with Crippen LogP contribution in [0.15, 0.2) is 77.9 Å². The number of amides is 2. The van der Waals surface area contributed by atoms with Gasteiger partial charge in [0, 0.05) is 28.6 Å². The lowest BCUT2D eigenvalue weighted by molar-refractivity contribution is 0.138. The summed E-state index contributed by atoms with van der Waals surface area (Å²) in [5.74, 6) is 0.844. The Morgan fingerprint density at radius 3 is 2.59 bits per heavy atom. The molecule has 1 unspecified atom stereocenters. The zero-order valence-electron chi connectivity index (χ0n) is 18.0. The molecule has 162 valence electrons. The van der Waals surface area contributed by atoms with Crippen molar-refractivity contribution in [1.82, 2.24) is 5.01 Å². The van der Waals surface area contributed by atoms with Crippen LogP contribution in [0.5, 0.6) is 5.75 Å². The topological polar surface area (TPSA) is 53.9 Å². The summed E-state index contributed by atoms with van der Waals surface area (Å²) in [6.45, 7) is 4.58. The van der Waals surface area contributed by atoms with Gasteiger partial charge in [0.05, 0.1) is 12.3 Å². The predicted octanol–water partition coefficient (Wildman–Crippen LogP) is 6.09. The first kappa shape index (κ1) is 20.6. The van der Waals surface area contributed by atoms with Crippen LogP contribution < -0.4 is 10.1 Å². The van der Waals surface area contributed by atoms with Crippen molar-refractivity contribution in [3.63, 3.8) is 0 Å². The van der Waals surface area contributed by atoms with Crippen LogP contribution in [0, 0.1) is 0 Å². The molecule has 1 atom stereocenters. The highest BCUT2D eigenvalue weighted by atomic mass is 35.5. The Morgan fingerprint density at radius 2 is 1.84 bits per heavy atom. The van der Waals surface area contributed by atoms with E-state index in [4.69, 9.17) is 21.4 Å². The molecule has 1 N–H and O–H groups in total. The van der Waals surface area contributed by atoms with E-state index in [1.165, 1.54) is 5.01 Å². The fourth-order valence-electron chi connectivity index (χ4n) is 4.33. The number of urea groups is 1. The number of benzene rings is 3. The minimum Gasteiger partial charge on any atom is -0.487 e. The molecule has 0 spiro atoms. The number of hydrogen-bond donors (Lipinski definition) is 1. The molecule has 32 heavy (non-hydrogen) atoms. The molecular weight excluding hydrogens is 422 g/mol. The largest absolute Gasteiger partial charge is 0.487 e. The number of fused-ring (bicyclic) bond motifs is 1. The number of carbonyl (C=O) groups is 1. The molecule has 3 aromatic rings. The Kier molecular flexibility index (Phi) is 5.14. The molecule has 2 aliphatic rings. The molecule has 3 aromatic carbocycles. The maximum absolute atomic E-state index is 13.1. The van der Waals surface area contributed by atoms with Gasteiger partial charge in [-0.2, -0.15) is 5.10 Å². The third-order valence-electron chi connectivity index (χ3n) is 5.80. The van der Waals surface area contributed by atoms with E-state index in [9.17, 15) is 4.79 Å². The van der Waals surface area contributed by atoms with Gasteiger partial charge in [-0.3, -0.25) is 0 Å². The van der Waals surface area contributed by atoms with Gasteiger partial charge in [-0.15, -0.1) is 0 Å². The smallest absolute Gasteiger partial charge is 0.342 e. The van der Waals surface area contributed by atoms with E-state index >= 15 is 0 Å². The van der Waals surface area contributed by atoms with E-state index in [0.717, 1.165) is 40.3 Å². The highest BCUT2D eigenvalue weighted by Gasteiger charge is 2.33. The monoisotopic (exact) mass is 445 g/mol. The molecule has 0 saturated carbocycles. The van der Waals surface area contributed by atoms with Crippen molar-refractivity contribution >= 4 is 29.0 Å². The van der Waals surface area contributed by atoms with E-state index in [1.807, 2.05) is 72.8 Å². The fraction of sp³-hybridized carbons (Fsp3) is 0.231. The van der Waals surface area contributed by atoms with E-state index < -0.39 is 0 Å². The Labute approximate surface area is 192 Å². The number of halogens is 1. The van der Waals surface area contributed by atoms with Gasteiger partial charge in [-0.25, -0.2) is 9.80 Å². The number of carbonyl (C=O) groups excluding carboxylic acids is 1. The van der Waals surface area contributed by atoms with Gasteiger partial charge in [0.15, 0.2) is 0 Å². The quantitative estimate of drug-likeness (QED) is 0.530. The first-order valence-electron chi connectivity index (χ1n) is 10.7. The van der Waals surface area contributed by atoms with Gasteiger partial charge >= 0.3 is 6.03 Å². The lowest BCUT2D eigenvalue weighted by atomic mass is 9.91. The van der Waals surface area contributed by atoms with E-state index in [2.05, 4.69) is 19.2 Å². The van der Waals surface area contributed by atoms with Gasteiger partial charge in [0.1, 0.15) is 11.4 Å². The van der Waals surface area contributed by atoms with Crippen LogP contribution in [-0.4, -0.2) is 28.9 Å². The maximum Gasteiger partial charge on any atom is 0.342 e. The number of nitrogens with zero attached hydrogens (tertiary/aromatic N) is 2. The number of hydrogen-bond acceptors (Lipinski definition) is 3. The van der Waals surface area contributed by atoms with Crippen LogP contribution in [0.4, 0.5) is 10.5 Å². The summed E-state index contributed by atoms with van der Waals surface area (Å²) in [6, 6.07) is 23.2. The number of rotatable bonds is 3. The molecule has 0 saturated heterocycles. The summed E-state index contributed by atoms with van der Waals surface area (Å²) in [7, 11) is 0. The summed E-state index contributed by atoms with van der Waals surface area (Å²) in [4.78, 5) is 13.1. The number of ether oxygens (including phenoxy) is 1. The summed E-state index contributed by atoms with van der Waals surface area (Å²) in [5.41, 5.74) is 4.56. The standard InChI is InChI=1S/C26H24ClN3O2/c1-26(2)15-19-14-21(12-13-23(19)32-26)28-25(31)30-16-22(17-8-10-20(27)11-9-17)24(29-30)18-6-4-3-5-7-18/h3-14,22H,15-16H2,1-2H3,(H,28,31). The predicted molar refractivity (Wildman–Crippen MR) is 128 cm³/mol. The van der Waals surface area contributed by atoms with Crippen molar-refractivity contribution in [3.05, 3.63) is 94.5 Å². The molecule has 2 heterocycles. The van der Waals surface area contributed by atoms with Gasteiger partial charge in [-0.1, -0.05) is 54.1 Å². The molecule has 2 amide bonds. The molecule has 0 bridgehead atoms. The van der Waals surface area contributed by atoms with Crippen molar-refractivity contribution in [2.24, 2.45) is 5.10 Å². The minimum atomic E-state index is -0.256. The normalized spacial score (nSPS) is 18.7. The SMILES string of the molecule is CC1(C)Cc2cc(NC(=O)N3CC(c4ccc(Cl)cc4)C(c4ccccc4)=N3)ccc2O1. The van der Waals surface area contributed by atoms with E-state index in [-0.39, 0.29) is 17.6 Å². The zero-order chi connectivity index (χ0) is 22.3. The third-order valence-corrected chi connectivity index (χ3v) is 6.06. The lowest BCUT2D eigenvalue weighted by Crippen LogP contribution is -2.30. The number of nitrogens with one attached hydrogen (secondary N) is 1. The van der Waals surface area contributed by atoms with Gasteiger partial charge < -0.3 is 10.1 Å². The second-order valence-corrected chi connectivity index (χ2v) is 9.27.